The molecule has 124 valence electrons. The normalized spacial score (nSPS) is 19.0. The lowest BCUT2D eigenvalue weighted by atomic mass is 9.99. The maximum Gasteiger partial charge on any atom is 0.224 e. The van der Waals surface area contributed by atoms with Crippen LogP contribution in [0.15, 0.2) is 30.9 Å². The van der Waals surface area contributed by atoms with Gasteiger partial charge in [0, 0.05) is 63.6 Å². The predicted octanol–water partition coefficient (Wildman–Crippen LogP) is 2.18. The van der Waals surface area contributed by atoms with Crippen LogP contribution < -0.4 is 4.90 Å². The summed E-state index contributed by atoms with van der Waals surface area (Å²) >= 11 is 0. The fourth-order valence-corrected chi connectivity index (χ4v) is 3.20. The first-order chi connectivity index (χ1) is 11.2. The average molecular weight is 314 g/mol. The summed E-state index contributed by atoms with van der Waals surface area (Å²) in [6.45, 7) is 3.10. The quantitative estimate of drug-likeness (QED) is 0.818. The highest BCUT2D eigenvalue weighted by Crippen LogP contribution is 2.22. The van der Waals surface area contributed by atoms with Crippen molar-refractivity contribution in [1.29, 1.82) is 0 Å². The van der Waals surface area contributed by atoms with Gasteiger partial charge in [0.15, 0.2) is 0 Å². The Kier molecular flexibility index (Phi) is 5.23. The summed E-state index contributed by atoms with van der Waals surface area (Å²) in [4.78, 5) is 13.4. The number of hydrogen-bond donors (Lipinski definition) is 0. The van der Waals surface area contributed by atoms with Crippen molar-refractivity contribution in [2.75, 3.05) is 25.5 Å². The van der Waals surface area contributed by atoms with E-state index in [9.17, 15) is 0 Å². The van der Waals surface area contributed by atoms with Crippen molar-refractivity contribution in [2.45, 2.75) is 44.8 Å². The fraction of sp³-hybridized carbons (Fsp3) is 0.588. The Morgan fingerprint density at radius 2 is 2.04 bits per heavy atom. The molecule has 0 amide bonds. The van der Waals surface area contributed by atoms with E-state index in [0.717, 1.165) is 25.5 Å². The Hall–Kier alpha value is -1.95. The summed E-state index contributed by atoms with van der Waals surface area (Å²) in [6, 6.07) is 2.61. The van der Waals surface area contributed by atoms with Gasteiger partial charge in [-0.15, -0.1) is 0 Å². The maximum atomic E-state index is 4.43. The Labute approximate surface area is 138 Å². The minimum Gasteiger partial charge on any atom is -0.347 e. The molecule has 0 saturated carbocycles. The van der Waals surface area contributed by atoms with E-state index >= 15 is 0 Å². The van der Waals surface area contributed by atoms with E-state index < -0.39 is 0 Å². The molecule has 6 nitrogen and oxygen atoms in total. The van der Waals surface area contributed by atoms with Crippen LogP contribution in [0.25, 0.3) is 0 Å². The minimum atomic E-state index is 0.626. The Morgan fingerprint density at radius 1 is 1.22 bits per heavy atom. The van der Waals surface area contributed by atoms with Gasteiger partial charge in [0.25, 0.3) is 0 Å². The van der Waals surface area contributed by atoms with Crippen molar-refractivity contribution in [3.63, 3.8) is 0 Å². The van der Waals surface area contributed by atoms with E-state index in [1.165, 1.54) is 31.4 Å². The van der Waals surface area contributed by atoms with E-state index in [4.69, 9.17) is 0 Å². The molecule has 3 rings (SSSR count). The average Bonchev–Trinajstić information content (AvgIpc) is 3.08. The molecule has 0 aromatic carbocycles. The van der Waals surface area contributed by atoms with E-state index in [1.807, 2.05) is 54.5 Å². The summed E-state index contributed by atoms with van der Waals surface area (Å²) < 4.78 is 2.03. The van der Waals surface area contributed by atoms with Crippen molar-refractivity contribution < 1.29 is 0 Å². The molecule has 0 bridgehead atoms. The third-order valence-electron chi connectivity index (χ3n) is 4.48. The second kappa shape index (κ2) is 7.55. The van der Waals surface area contributed by atoms with Gasteiger partial charge in [-0.25, -0.2) is 9.97 Å². The zero-order valence-electron chi connectivity index (χ0n) is 14.1. The summed E-state index contributed by atoms with van der Waals surface area (Å²) in [7, 11) is 3.93. The molecule has 0 spiro atoms. The lowest BCUT2D eigenvalue weighted by Crippen LogP contribution is -2.39. The van der Waals surface area contributed by atoms with Crippen LogP contribution in [0.1, 0.15) is 31.2 Å². The van der Waals surface area contributed by atoms with Crippen LogP contribution in [-0.4, -0.2) is 51.3 Å². The first-order valence-corrected chi connectivity index (χ1v) is 8.42. The van der Waals surface area contributed by atoms with Crippen LogP contribution >= 0.6 is 0 Å². The summed E-state index contributed by atoms with van der Waals surface area (Å²) in [6.07, 6.45) is 12.9. The standard InChI is InChI=1S/C17H26N6/c1-21(2)17-18-12-15(13-19-17)14-22-9-4-3-6-16(22)7-11-23-10-5-8-20-23/h5,8,10,12-13,16H,3-4,6-7,9,11,14H2,1-2H3/t16-/m0/s1. The van der Waals surface area contributed by atoms with Crippen LogP contribution in [0.2, 0.25) is 0 Å². The molecule has 1 aliphatic heterocycles. The minimum absolute atomic E-state index is 0.626. The van der Waals surface area contributed by atoms with Gasteiger partial charge in [-0.1, -0.05) is 6.42 Å². The first-order valence-electron chi connectivity index (χ1n) is 8.42. The number of rotatable bonds is 6. The van der Waals surface area contributed by atoms with Gasteiger partial charge < -0.3 is 4.90 Å². The number of aromatic nitrogens is 4. The van der Waals surface area contributed by atoms with Crippen molar-refractivity contribution in [2.24, 2.45) is 0 Å². The lowest BCUT2D eigenvalue weighted by Gasteiger charge is -2.35. The van der Waals surface area contributed by atoms with Gasteiger partial charge in [-0.05, 0) is 31.9 Å². The molecule has 6 heteroatoms. The molecule has 1 fully saturated rings. The van der Waals surface area contributed by atoms with Crippen LogP contribution in [0.5, 0.6) is 0 Å². The highest BCUT2D eigenvalue weighted by atomic mass is 15.3. The van der Waals surface area contributed by atoms with Crippen molar-refractivity contribution in [3.05, 3.63) is 36.4 Å². The molecular formula is C17H26N6. The summed E-state index contributed by atoms with van der Waals surface area (Å²) in [5, 5.41) is 4.31. The fourth-order valence-electron chi connectivity index (χ4n) is 3.20. The van der Waals surface area contributed by atoms with Gasteiger partial charge in [0.2, 0.25) is 5.95 Å². The largest absolute Gasteiger partial charge is 0.347 e. The van der Waals surface area contributed by atoms with E-state index in [2.05, 4.69) is 20.0 Å². The van der Waals surface area contributed by atoms with Crippen molar-refractivity contribution >= 4 is 5.95 Å². The van der Waals surface area contributed by atoms with Crippen LogP contribution in [0.3, 0.4) is 0 Å². The number of hydrogen-bond acceptors (Lipinski definition) is 5. The molecule has 0 aliphatic carbocycles. The van der Waals surface area contributed by atoms with E-state index in [0.29, 0.717) is 6.04 Å². The zero-order valence-corrected chi connectivity index (χ0v) is 14.1. The predicted molar refractivity (Wildman–Crippen MR) is 91.3 cm³/mol. The monoisotopic (exact) mass is 314 g/mol. The number of nitrogens with zero attached hydrogens (tertiary/aromatic N) is 6. The Morgan fingerprint density at radius 3 is 2.74 bits per heavy atom. The lowest BCUT2D eigenvalue weighted by molar-refractivity contribution is 0.127. The highest BCUT2D eigenvalue weighted by Gasteiger charge is 2.22. The second-order valence-electron chi connectivity index (χ2n) is 6.46. The molecule has 0 radical (unpaired) electrons. The van der Waals surface area contributed by atoms with Gasteiger partial charge >= 0.3 is 0 Å². The van der Waals surface area contributed by atoms with Crippen LogP contribution in [0, 0.1) is 0 Å². The number of anilines is 1. The van der Waals surface area contributed by atoms with Gasteiger partial charge in [0.05, 0.1) is 0 Å². The summed E-state index contributed by atoms with van der Waals surface area (Å²) in [5.74, 6) is 0.766. The first kappa shape index (κ1) is 15.9. The van der Waals surface area contributed by atoms with Crippen LogP contribution in [0.4, 0.5) is 5.95 Å². The SMILES string of the molecule is CN(C)c1ncc(CN2CCCC[C@H]2CCn2cccn2)cn1. The Bertz CT molecular complexity index is 578. The molecule has 1 aliphatic rings. The van der Waals surface area contributed by atoms with Crippen molar-refractivity contribution in [3.8, 4) is 0 Å². The van der Waals surface area contributed by atoms with Gasteiger partial charge in [-0.3, -0.25) is 9.58 Å². The van der Waals surface area contributed by atoms with E-state index in [-0.39, 0.29) is 0 Å². The van der Waals surface area contributed by atoms with Gasteiger partial charge in [0.1, 0.15) is 0 Å². The number of piperidine rings is 1. The molecule has 1 saturated heterocycles. The molecule has 0 unspecified atom stereocenters. The molecular weight excluding hydrogens is 288 g/mol. The van der Waals surface area contributed by atoms with E-state index in [1.54, 1.807) is 0 Å². The van der Waals surface area contributed by atoms with Crippen molar-refractivity contribution in [1.82, 2.24) is 24.6 Å². The number of likely N-dealkylation sites (tertiary alicyclic amines) is 1. The second-order valence-corrected chi connectivity index (χ2v) is 6.46. The highest BCUT2D eigenvalue weighted by molar-refractivity contribution is 5.26. The third-order valence-corrected chi connectivity index (χ3v) is 4.48. The van der Waals surface area contributed by atoms with Crippen LogP contribution in [-0.2, 0) is 13.1 Å². The zero-order chi connectivity index (χ0) is 16.1. The third kappa shape index (κ3) is 4.28. The maximum absolute atomic E-state index is 4.43. The molecule has 23 heavy (non-hydrogen) atoms. The van der Waals surface area contributed by atoms with Gasteiger partial charge in [-0.2, -0.15) is 5.10 Å². The molecule has 3 heterocycles. The topological polar surface area (TPSA) is 50.1 Å². The Balaban J connectivity index is 1.59. The number of aryl methyl sites for hydroxylation is 1. The smallest absolute Gasteiger partial charge is 0.224 e. The molecule has 0 N–H and O–H groups in total. The molecule has 2 aromatic heterocycles. The summed E-state index contributed by atoms with van der Waals surface area (Å²) in [5.41, 5.74) is 1.20. The molecule has 2 aromatic rings. The molecule has 1 atom stereocenters.